The molecule has 0 saturated carbocycles. The summed E-state index contributed by atoms with van der Waals surface area (Å²) in [5.41, 5.74) is 0.764. The molecule has 0 radical (unpaired) electrons. The summed E-state index contributed by atoms with van der Waals surface area (Å²) in [5.74, 6) is -0.743. The molecule has 1 aromatic carbocycles. The van der Waals surface area contributed by atoms with Gasteiger partial charge in [-0.3, -0.25) is 28.9 Å². The van der Waals surface area contributed by atoms with E-state index < -0.39 is 11.5 Å². The number of para-hydroxylation sites is 1. The first-order chi connectivity index (χ1) is 22.3. The Bertz CT molecular complexity index is 1670. The Balaban J connectivity index is 1.35. The van der Waals surface area contributed by atoms with Gasteiger partial charge in [-0.1, -0.05) is 18.2 Å². The van der Waals surface area contributed by atoms with Crippen LogP contribution in [0.15, 0.2) is 36.4 Å². The molecule has 0 bridgehead atoms. The number of benzene rings is 1. The van der Waals surface area contributed by atoms with Crippen LogP contribution in [0.1, 0.15) is 52.3 Å². The third-order valence-corrected chi connectivity index (χ3v) is 7.76. The number of carbonyl (C=O) groups excluding carboxylic acids is 5. The van der Waals surface area contributed by atoms with Crippen LogP contribution in [0, 0.1) is 0 Å². The number of amides is 5. The topological polar surface area (TPSA) is 167 Å². The van der Waals surface area contributed by atoms with Crippen molar-refractivity contribution in [1.82, 2.24) is 29.2 Å². The van der Waals surface area contributed by atoms with Crippen LogP contribution in [-0.2, 0) is 41.9 Å². The second-order valence-electron chi connectivity index (χ2n) is 12.2. The van der Waals surface area contributed by atoms with Crippen molar-refractivity contribution in [2.45, 2.75) is 65.2 Å². The Morgan fingerprint density at radius 1 is 0.957 bits per heavy atom. The van der Waals surface area contributed by atoms with Crippen molar-refractivity contribution < 1.29 is 33.8 Å². The number of ether oxygens (including phenoxy) is 1. The van der Waals surface area contributed by atoms with E-state index >= 15 is 0 Å². The van der Waals surface area contributed by atoms with Crippen LogP contribution in [-0.4, -0.2) is 110 Å². The van der Waals surface area contributed by atoms with Gasteiger partial charge < -0.3 is 29.5 Å². The molecule has 14 heteroatoms. The van der Waals surface area contributed by atoms with E-state index in [4.69, 9.17) is 9.72 Å². The van der Waals surface area contributed by atoms with Gasteiger partial charge in [-0.05, 0) is 33.3 Å². The zero-order chi connectivity index (χ0) is 34.3. The molecule has 14 nitrogen and oxygen atoms in total. The van der Waals surface area contributed by atoms with Gasteiger partial charge in [0.1, 0.15) is 17.9 Å². The molecule has 5 amide bonds. The summed E-state index contributed by atoms with van der Waals surface area (Å²) in [6.45, 7) is 6.96. The first-order valence-corrected chi connectivity index (χ1v) is 15.7. The number of nitrogens with one attached hydrogen (secondary N) is 1. The number of imide groups is 1. The number of imidazole rings is 1. The average Bonchev–Trinajstić information content (AvgIpc) is 3.54. The SMILES string of the molecule is CCOCc1nc2c(NC(=O)CCC(=O)N(C)CCN(C)C(=O)CCCN3C(=O)C=CC3=O)nc3ccccc3c2n1CC(C)(C)O. The van der Waals surface area contributed by atoms with E-state index in [9.17, 15) is 29.1 Å². The van der Waals surface area contributed by atoms with E-state index in [1.807, 2.05) is 35.8 Å². The minimum atomic E-state index is -1.05. The van der Waals surface area contributed by atoms with Crippen LogP contribution in [0.25, 0.3) is 21.9 Å². The maximum atomic E-state index is 13.1. The number of hydrogen-bond acceptors (Lipinski definition) is 9. The van der Waals surface area contributed by atoms with Crippen molar-refractivity contribution in [2.75, 3.05) is 45.7 Å². The first-order valence-electron chi connectivity index (χ1n) is 15.7. The molecule has 0 spiro atoms. The van der Waals surface area contributed by atoms with Crippen molar-refractivity contribution >= 4 is 57.3 Å². The van der Waals surface area contributed by atoms with Crippen molar-refractivity contribution in [2.24, 2.45) is 0 Å². The standard InChI is InChI=1S/C33H43N7O7/c1-6-47-20-24-35-30-31(40(24)21-33(2,3)46)22-10-7-8-11-23(22)34-32(30)36-25(41)13-14-27(43)38(5)19-18-37(4)26(42)12-9-17-39-28(44)15-16-29(39)45/h7-8,10-11,15-16,46H,6,9,12-14,17-21H2,1-5H3,(H,34,36,41). The lowest BCUT2D eigenvalue weighted by Crippen LogP contribution is -2.38. The molecule has 1 aliphatic heterocycles. The van der Waals surface area contributed by atoms with Crippen molar-refractivity contribution in [1.29, 1.82) is 0 Å². The highest BCUT2D eigenvalue weighted by Gasteiger charge is 2.25. The van der Waals surface area contributed by atoms with Gasteiger partial charge in [-0.15, -0.1) is 0 Å². The fraction of sp³-hybridized carbons (Fsp3) is 0.485. The van der Waals surface area contributed by atoms with Crippen molar-refractivity contribution in [3.63, 3.8) is 0 Å². The smallest absolute Gasteiger partial charge is 0.253 e. The molecular formula is C33H43N7O7. The monoisotopic (exact) mass is 649 g/mol. The van der Waals surface area contributed by atoms with Gasteiger partial charge in [-0.2, -0.15) is 0 Å². The molecule has 1 aliphatic rings. The Morgan fingerprint density at radius 3 is 2.23 bits per heavy atom. The molecule has 4 rings (SSSR count). The summed E-state index contributed by atoms with van der Waals surface area (Å²) in [6, 6.07) is 7.49. The number of nitrogens with zero attached hydrogens (tertiary/aromatic N) is 6. The molecule has 0 fully saturated rings. The molecular weight excluding hydrogens is 606 g/mol. The summed E-state index contributed by atoms with van der Waals surface area (Å²) < 4.78 is 7.55. The normalized spacial score (nSPS) is 13.2. The van der Waals surface area contributed by atoms with E-state index in [2.05, 4.69) is 10.3 Å². The Labute approximate surface area is 273 Å². The maximum Gasteiger partial charge on any atom is 0.253 e. The average molecular weight is 650 g/mol. The Kier molecular flexibility index (Phi) is 11.4. The van der Waals surface area contributed by atoms with Gasteiger partial charge in [0, 0.05) is 77.1 Å². The Morgan fingerprint density at radius 2 is 1.60 bits per heavy atom. The van der Waals surface area contributed by atoms with Gasteiger partial charge in [0.05, 0.1) is 23.2 Å². The number of likely N-dealkylation sites (N-methyl/N-ethyl adjacent to an activating group) is 2. The van der Waals surface area contributed by atoms with Crippen molar-refractivity contribution in [3.8, 4) is 0 Å². The van der Waals surface area contributed by atoms with Gasteiger partial charge >= 0.3 is 0 Å². The molecule has 47 heavy (non-hydrogen) atoms. The molecule has 2 N–H and O–H groups in total. The van der Waals surface area contributed by atoms with Crippen LogP contribution in [0.5, 0.6) is 0 Å². The first kappa shape index (κ1) is 35.2. The van der Waals surface area contributed by atoms with Gasteiger partial charge in [0.2, 0.25) is 17.7 Å². The molecule has 0 atom stereocenters. The minimum absolute atomic E-state index is 0.0502. The number of carbonyl (C=O) groups is 5. The number of fused-ring (bicyclic) bond motifs is 3. The van der Waals surface area contributed by atoms with Crippen LogP contribution in [0.2, 0.25) is 0 Å². The molecule has 0 aliphatic carbocycles. The van der Waals surface area contributed by atoms with E-state index in [1.54, 1.807) is 27.9 Å². The van der Waals surface area contributed by atoms with E-state index in [1.165, 1.54) is 22.0 Å². The largest absolute Gasteiger partial charge is 0.389 e. The quantitative estimate of drug-likeness (QED) is 0.221. The van der Waals surface area contributed by atoms with Crippen LogP contribution in [0.4, 0.5) is 5.82 Å². The summed E-state index contributed by atoms with van der Waals surface area (Å²) >= 11 is 0. The summed E-state index contributed by atoms with van der Waals surface area (Å²) in [5, 5.41) is 14.3. The number of anilines is 1. The third-order valence-electron chi connectivity index (χ3n) is 7.76. The highest BCUT2D eigenvalue weighted by Crippen LogP contribution is 2.31. The number of pyridine rings is 1. The number of hydrogen-bond donors (Lipinski definition) is 2. The minimum Gasteiger partial charge on any atom is -0.389 e. The lowest BCUT2D eigenvalue weighted by atomic mass is 10.1. The Hall–Kier alpha value is -4.69. The maximum absolute atomic E-state index is 13.1. The predicted molar refractivity (Wildman–Crippen MR) is 175 cm³/mol. The van der Waals surface area contributed by atoms with Crippen molar-refractivity contribution in [3.05, 3.63) is 42.2 Å². The van der Waals surface area contributed by atoms with Gasteiger partial charge in [0.25, 0.3) is 11.8 Å². The third kappa shape index (κ3) is 8.98. The predicted octanol–water partition coefficient (Wildman–Crippen LogP) is 2.23. The van der Waals surface area contributed by atoms with Gasteiger partial charge in [0.15, 0.2) is 5.82 Å². The summed E-state index contributed by atoms with van der Waals surface area (Å²) in [7, 11) is 3.24. The number of rotatable bonds is 16. The lowest BCUT2D eigenvalue weighted by molar-refractivity contribution is -0.138. The summed E-state index contributed by atoms with van der Waals surface area (Å²) in [6.07, 6.45) is 2.78. The summed E-state index contributed by atoms with van der Waals surface area (Å²) in [4.78, 5) is 75.2. The number of aliphatic hydroxyl groups is 1. The molecule has 0 unspecified atom stereocenters. The molecule has 2 aromatic heterocycles. The molecule has 252 valence electrons. The second kappa shape index (κ2) is 15.3. The fourth-order valence-corrected chi connectivity index (χ4v) is 5.22. The molecule has 3 heterocycles. The van der Waals surface area contributed by atoms with E-state index in [-0.39, 0.29) is 81.5 Å². The van der Waals surface area contributed by atoms with E-state index in [0.29, 0.717) is 35.4 Å². The fourth-order valence-electron chi connectivity index (χ4n) is 5.22. The highest BCUT2D eigenvalue weighted by molar-refractivity contribution is 6.13. The lowest BCUT2D eigenvalue weighted by Gasteiger charge is -2.23. The number of aromatic nitrogens is 3. The van der Waals surface area contributed by atoms with Crippen LogP contribution < -0.4 is 5.32 Å². The molecule has 3 aromatic rings. The van der Waals surface area contributed by atoms with Gasteiger partial charge in [-0.25, -0.2) is 9.97 Å². The zero-order valence-corrected chi connectivity index (χ0v) is 27.6. The highest BCUT2D eigenvalue weighted by atomic mass is 16.5. The van der Waals surface area contributed by atoms with E-state index in [0.717, 1.165) is 10.3 Å². The van der Waals surface area contributed by atoms with Crippen LogP contribution in [0.3, 0.4) is 0 Å². The molecule has 0 saturated heterocycles. The van der Waals surface area contributed by atoms with Crippen LogP contribution >= 0.6 is 0 Å². The zero-order valence-electron chi connectivity index (χ0n) is 27.6. The second-order valence-corrected chi connectivity index (χ2v) is 12.2.